The van der Waals surface area contributed by atoms with E-state index in [1.807, 2.05) is 18.7 Å². The Kier molecular flexibility index (Phi) is 10.2. The fraction of sp³-hybridized carbons (Fsp3) is 0.613. The van der Waals surface area contributed by atoms with E-state index in [0.29, 0.717) is 25.3 Å². The first-order chi connectivity index (χ1) is 19.2. The summed E-state index contributed by atoms with van der Waals surface area (Å²) in [7, 11) is 5.56. The smallest absolute Gasteiger partial charge is 0.325 e. The van der Waals surface area contributed by atoms with Crippen LogP contribution in [0.5, 0.6) is 5.75 Å². The second kappa shape index (κ2) is 13.6. The van der Waals surface area contributed by atoms with Gasteiger partial charge in [0.1, 0.15) is 11.9 Å². The van der Waals surface area contributed by atoms with Gasteiger partial charge in [0.2, 0.25) is 0 Å². The standard InChI is InChI=1S/C31H45FN4O4/c1-20(2)21-16-25(29(39-5)26(32)17-21)28(31(37)38)36-14-12-23(19-36)40-15-8-6-7-10-22-18-27(35(3)4)24-11-9-13-33-30(24)34-22/h16-18,20,23,28H,6-15,19H2,1-5H3,(H,33,34)(H,37,38)/t23-,28+/m1/s1. The molecule has 0 amide bonds. The van der Waals surface area contributed by atoms with Crippen LogP contribution in [-0.4, -0.2) is 74.5 Å². The van der Waals surface area contributed by atoms with Gasteiger partial charge >= 0.3 is 5.97 Å². The molecule has 0 aliphatic carbocycles. The summed E-state index contributed by atoms with van der Waals surface area (Å²) in [5.41, 5.74) is 4.82. The number of benzene rings is 1. The average molecular weight is 557 g/mol. The zero-order chi connectivity index (χ0) is 28.8. The number of ether oxygens (including phenoxy) is 2. The molecule has 220 valence electrons. The average Bonchev–Trinajstić information content (AvgIpc) is 3.37. The summed E-state index contributed by atoms with van der Waals surface area (Å²) >= 11 is 0. The van der Waals surface area contributed by atoms with Crippen LogP contribution >= 0.6 is 0 Å². The minimum absolute atomic E-state index is 0.00284. The summed E-state index contributed by atoms with van der Waals surface area (Å²) in [6.07, 6.45) is 6.87. The van der Waals surface area contributed by atoms with Crippen molar-refractivity contribution < 1.29 is 23.8 Å². The highest BCUT2D eigenvalue weighted by Gasteiger charge is 2.36. The number of fused-ring (bicyclic) bond motifs is 1. The van der Waals surface area contributed by atoms with Crippen LogP contribution in [0, 0.1) is 5.82 Å². The highest BCUT2D eigenvalue weighted by molar-refractivity contribution is 5.77. The summed E-state index contributed by atoms with van der Waals surface area (Å²) in [6.45, 7) is 6.61. The lowest BCUT2D eigenvalue weighted by atomic mass is 9.95. The lowest BCUT2D eigenvalue weighted by molar-refractivity contribution is -0.143. The van der Waals surface area contributed by atoms with Gasteiger partial charge in [0.05, 0.1) is 13.2 Å². The van der Waals surface area contributed by atoms with Gasteiger partial charge in [-0.15, -0.1) is 0 Å². The number of nitrogens with one attached hydrogen (secondary N) is 1. The molecule has 1 aromatic heterocycles. The molecule has 0 bridgehead atoms. The van der Waals surface area contributed by atoms with Gasteiger partial charge in [-0.1, -0.05) is 20.3 Å². The number of carboxylic acids is 1. The van der Waals surface area contributed by atoms with E-state index in [0.717, 1.165) is 68.6 Å². The molecule has 0 saturated carbocycles. The van der Waals surface area contributed by atoms with Crippen molar-refractivity contribution in [3.63, 3.8) is 0 Å². The van der Waals surface area contributed by atoms with Crippen LogP contribution in [0.1, 0.15) is 80.3 Å². The predicted octanol–water partition coefficient (Wildman–Crippen LogP) is 5.41. The molecule has 0 unspecified atom stereocenters. The van der Waals surface area contributed by atoms with Crippen molar-refractivity contribution in [3.05, 3.63) is 46.4 Å². The summed E-state index contributed by atoms with van der Waals surface area (Å²) in [5.74, 6) is -0.428. The Morgan fingerprint density at radius 3 is 2.75 bits per heavy atom. The van der Waals surface area contributed by atoms with Crippen LogP contribution in [0.4, 0.5) is 15.9 Å². The van der Waals surface area contributed by atoms with Crippen LogP contribution < -0.4 is 15.0 Å². The van der Waals surface area contributed by atoms with Crippen molar-refractivity contribution in [1.29, 1.82) is 0 Å². The van der Waals surface area contributed by atoms with Crippen molar-refractivity contribution in [1.82, 2.24) is 9.88 Å². The Morgan fingerprint density at radius 2 is 2.05 bits per heavy atom. The summed E-state index contributed by atoms with van der Waals surface area (Å²) < 4.78 is 26.2. The third-order valence-electron chi connectivity index (χ3n) is 8.00. The number of carboxylic acid groups (broad SMARTS) is 1. The van der Waals surface area contributed by atoms with Crippen molar-refractivity contribution in [2.75, 3.05) is 57.7 Å². The summed E-state index contributed by atoms with van der Waals surface area (Å²) in [5, 5.41) is 13.6. The topological polar surface area (TPSA) is 87.2 Å². The first-order valence-corrected chi connectivity index (χ1v) is 14.6. The maximum absolute atomic E-state index is 14.8. The number of carbonyl (C=O) groups is 1. The number of methoxy groups -OCH3 is 1. The highest BCUT2D eigenvalue weighted by Crippen LogP contribution is 2.37. The number of aryl methyl sites for hydroxylation is 1. The van der Waals surface area contributed by atoms with E-state index in [9.17, 15) is 14.3 Å². The second-order valence-corrected chi connectivity index (χ2v) is 11.5. The second-order valence-electron chi connectivity index (χ2n) is 11.5. The third-order valence-corrected chi connectivity index (χ3v) is 8.00. The number of likely N-dealkylation sites (tertiary alicyclic amines) is 1. The van der Waals surface area contributed by atoms with Gasteiger partial charge in [0.25, 0.3) is 0 Å². The van der Waals surface area contributed by atoms with Crippen LogP contribution in [0.15, 0.2) is 18.2 Å². The first kappa shape index (κ1) is 30.1. The lowest BCUT2D eigenvalue weighted by Gasteiger charge is -2.27. The van der Waals surface area contributed by atoms with E-state index in [2.05, 4.69) is 30.4 Å². The molecule has 40 heavy (non-hydrogen) atoms. The molecule has 2 aromatic rings. The number of anilines is 2. The largest absolute Gasteiger partial charge is 0.493 e. The predicted molar refractivity (Wildman–Crippen MR) is 156 cm³/mol. The molecule has 9 heteroatoms. The Labute approximate surface area is 237 Å². The molecule has 2 N–H and O–H groups in total. The highest BCUT2D eigenvalue weighted by atomic mass is 19.1. The normalized spacial score (nSPS) is 17.9. The van der Waals surface area contributed by atoms with E-state index in [4.69, 9.17) is 14.5 Å². The van der Waals surface area contributed by atoms with Crippen molar-refractivity contribution in [3.8, 4) is 5.75 Å². The molecule has 8 nitrogen and oxygen atoms in total. The number of halogens is 1. The summed E-state index contributed by atoms with van der Waals surface area (Å²) in [4.78, 5) is 21.3. The molecule has 4 rings (SSSR count). The molecule has 2 atom stereocenters. The van der Waals surface area contributed by atoms with Crippen molar-refractivity contribution >= 4 is 17.5 Å². The van der Waals surface area contributed by atoms with Gasteiger partial charge in [-0.25, -0.2) is 9.37 Å². The van der Waals surface area contributed by atoms with E-state index in [1.54, 1.807) is 6.07 Å². The van der Waals surface area contributed by atoms with Crippen LogP contribution in [-0.2, 0) is 22.4 Å². The van der Waals surface area contributed by atoms with E-state index < -0.39 is 17.8 Å². The number of nitrogens with zero attached hydrogens (tertiary/aromatic N) is 3. The number of aliphatic carboxylic acids is 1. The monoisotopic (exact) mass is 556 g/mol. The van der Waals surface area contributed by atoms with Gasteiger partial charge in [0.15, 0.2) is 11.6 Å². The quantitative estimate of drug-likeness (QED) is 0.317. The van der Waals surface area contributed by atoms with Gasteiger partial charge < -0.3 is 24.8 Å². The fourth-order valence-electron chi connectivity index (χ4n) is 5.84. The molecule has 2 aliphatic rings. The molecule has 2 aliphatic heterocycles. The Balaban J connectivity index is 1.27. The minimum Gasteiger partial charge on any atom is -0.493 e. The Hall–Kier alpha value is -2.91. The number of rotatable bonds is 13. The molecular formula is C31H45FN4O4. The third kappa shape index (κ3) is 7.04. The maximum Gasteiger partial charge on any atom is 0.325 e. The number of hydrogen-bond acceptors (Lipinski definition) is 7. The van der Waals surface area contributed by atoms with Crippen LogP contribution in [0.25, 0.3) is 0 Å². The van der Waals surface area contributed by atoms with Gasteiger partial charge in [0, 0.05) is 62.8 Å². The zero-order valence-corrected chi connectivity index (χ0v) is 24.6. The number of unbranched alkanes of at least 4 members (excludes halogenated alkanes) is 2. The van der Waals surface area contributed by atoms with Crippen molar-refractivity contribution in [2.45, 2.75) is 76.9 Å². The Morgan fingerprint density at radius 1 is 1.25 bits per heavy atom. The maximum atomic E-state index is 14.8. The molecular weight excluding hydrogens is 511 g/mol. The van der Waals surface area contributed by atoms with Gasteiger partial charge in [-0.05, 0) is 68.2 Å². The van der Waals surface area contributed by atoms with Gasteiger partial charge in [-0.2, -0.15) is 0 Å². The van der Waals surface area contributed by atoms with Crippen molar-refractivity contribution in [2.24, 2.45) is 0 Å². The minimum atomic E-state index is -1.01. The van der Waals surface area contributed by atoms with E-state index >= 15 is 0 Å². The molecule has 1 aromatic carbocycles. The molecule has 0 spiro atoms. The van der Waals surface area contributed by atoms with Gasteiger partial charge in [-0.3, -0.25) is 9.69 Å². The summed E-state index contributed by atoms with van der Waals surface area (Å²) in [6, 6.07) is 4.45. The molecule has 1 fully saturated rings. The number of aromatic nitrogens is 1. The Bertz CT molecular complexity index is 1170. The van der Waals surface area contributed by atoms with E-state index in [1.165, 1.54) is 24.4 Å². The zero-order valence-electron chi connectivity index (χ0n) is 24.6. The van der Waals surface area contributed by atoms with Crippen LogP contribution in [0.2, 0.25) is 0 Å². The molecule has 0 radical (unpaired) electrons. The number of hydrogen-bond donors (Lipinski definition) is 2. The molecule has 3 heterocycles. The van der Waals surface area contributed by atoms with E-state index in [-0.39, 0.29) is 17.8 Å². The lowest BCUT2D eigenvalue weighted by Crippen LogP contribution is -2.34. The first-order valence-electron chi connectivity index (χ1n) is 14.6. The SMILES string of the molecule is COc1c(F)cc(C(C)C)cc1[C@@H](C(=O)O)N1CC[C@@H](OCCCCCc2cc(N(C)C)c3c(n2)NCCC3)C1. The number of pyridine rings is 1. The fourth-order valence-corrected chi connectivity index (χ4v) is 5.84. The molecule has 1 saturated heterocycles. The van der Waals surface area contributed by atoms with Crippen LogP contribution in [0.3, 0.4) is 0 Å².